The quantitative estimate of drug-likeness (QED) is 0.864. The van der Waals surface area contributed by atoms with E-state index in [-0.39, 0.29) is 0 Å². The summed E-state index contributed by atoms with van der Waals surface area (Å²) in [6.45, 7) is 5.46. The average Bonchev–Trinajstić information content (AvgIpc) is 2.54. The first-order valence-electron chi connectivity index (χ1n) is 5.61. The third-order valence-electron chi connectivity index (χ3n) is 2.49. The molecule has 1 unspecified atom stereocenters. The number of hydrogen-bond acceptors (Lipinski definition) is 2. The molecule has 1 heterocycles. The zero-order valence-corrected chi connectivity index (χ0v) is 11.3. The zero-order chi connectivity index (χ0) is 11.3. The van der Waals surface area contributed by atoms with Crippen LogP contribution in [0.2, 0.25) is 0 Å². The van der Waals surface area contributed by atoms with Crippen molar-refractivity contribution in [3.8, 4) is 0 Å². The first kappa shape index (κ1) is 12.7. The molecule has 4 heteroatoms. The second-order valence-corrected chi connectivity index (χ2v) is 4.65. The van der Waals surface area contributed by atoms with Crippen LogP contribution in [0, 0.1) is 0 Å². The van der Waals surface area contributed by atoms with E-state index in [4.69, 9.17) is 0 Å². The van der Waals surface area contributed by atoms with Crippen LogP contribution in [0.3, 0.4) is 0 Å². The topological polar surface area (TPSA) is 29.9 Å². The van der Waals surface area contributed by atoms with Gasteiger partial charge in [-0.15, -0.1) is 0 Å². The van der Waals surface area contributed by atoms with Gasteiger partial charge in [0.05, 0.1) is 22.4 Å². The molecule has 0 bridgehead atoms. The molecule has 0 saturated heterocycles. The van der Waals surface area contributed by atoms with E-state index in [1.54, 1.807) is 0 Å². The second kappa shape index (κ2) is 6.28. The summed E-state index contributed by atoms with van der Waals surface area (Å²) in [4.78, 5) is 0. The molecule has 0 radical (unpaired) electrons. The molecular formula is C11H20BrN3. The van der Waals surface area contributed by atoms with E-state index in [2.05, 4.69) is 40.2 Å². The van der Waals surface area contributed by atoms with Gasteiger partial charge < -0.3 is 5.32 Å². The standard InChI is InChI=1S/C11H20BrN3/c1-4-6-10(13-7-5-2)11-9(12)8-14-15(11)3/h8,10,13H,4-7H2,1-3H3. The average molecular weight is 274 g/mol. The van der Waals surface area contributed by atoms with Crippen molar-refractivity contribution in [1.29, 1.82) is 0 Å². The minimum absolute atomic E-state index is 0.414. The van der Waals surface area contributed by atoms with E-state index in [0.717, 1.165) is 23.9 Å². The van der Waals surface area contributed by atoms with E-state index in [0.29, 0.717) is 6.04 Å². The summed E-state index contributed by atoms with van der Waals surface area (Å²) in [7, 11) is 2.00. The van der Waals surface area contributed by atoms with Crippen LogP contribution in [-0.4, -0.2) is 16.3 Å². The third kappa shape index (κ3) is 3.31. The molecule has 0 aromatic carbocycles. The van der Waals surface area contributed by atoms with Crippen LogP contribution in [0.25, 0.3) is 0 Å². The van der Waals surface area contributed by atoms with Crippen LogP contribution in [0.15, 0.2) is 10.7 Å². The Hall–Kier alpha value is -0.350. The SMILES string of the molecule is CCCNC(CCC)c1c(Br)cnn1C. The second-order valence-electron chi connectivity index (χ2n) is 3.80. The van der Waals surface area contributed by atoms with E-state index in [9.17, 15) is 0 Å². The van der Waals surface area contributed by atoms with Gasteiger partial charge in [-0.25, -0.2) is 0 Å². The molecule has 0 saturated carbocycles. The summed E-state index contributed by atoms with van der Waals surface area (Å²) in [5, 5.41) is 7.82. The Morgan fingerprint density at radius 3 is 2.67 bits per heavy atom. The van der Waals surface area contributed by atoms with Gasteiger partial charge in [0, 0.05) is 7.05 Å². The lowest BCUT2D eigenvalue weighted by Gasteiger charge is -2.18. The molecular weight excluding hydrogens is 254 g/mol. The Morgan fingerprint density at radius 1 is 1.47 bits per heavy atom. The van der Waals surface area contributed by atoms with Gasteiger partial charge in [0.1, 0.15) is 0 Å². The van der Waals surface area contributed by atoms with Crippen LogP contribution < -0.4 is 5.32 Å². The summed E-state index contributed by atoms with van der Waals surface area (Å²) in [6.07, 6.45) is 5.36. The predicted octanol–water partition coefficient (Wildman–Crippen LogP) is 3.02. The maximum Gasteiger partial charge on any atom is 0.0692 e. The molecule has 0 aliphatic rings. The van der Waals surface area contributed by atoms with Crippen LogP contribution in [0.4, 0.5) is 0 Å². The molecule has 3 nitrogen and oxygen atoms in total. The minimum Gasteiger partial charge on any atom is -0.309 e. The normalized spacial score (nSPS) is 13.1. The maximum absolute atomic E-state index is 4.26. The Balaban J connectivity index is 2.78. The molecule has 0 amide bonds. The number of rotatable bonds is 6. The molecule has 1 atom stereocenters. The van der Waals surface area contributed by atoms with E-state index >= 15 is 0 Å². The number of hydrogen-bond donors (Lipinski definition) is 1. The van der Waals surface area contributed by atoms with Crippen molar-refractivity contribution in [3.63, 3.8) is 0 Å². The smallest absolute Gasteiger partial charge is 0.0692 e. The number of aromatic nitrogens is 2. The van der Waals surface area contributed by atoms with Crippen LogP contribution >= 0.6 is 15.9 Å². The molecule has 0 aliphatic carbocycles. The molecule has 15 heavy (non-hydrogen) atoms. The van der Waals surface area contributed by atoms with Gasteiger partial charge >= 0.3 is 0 Å². The highest BCUT2D eigenvalue weighted by Gasteiger charge is 2.16. The van der Waals surface area contributed by atoms with Gasteiger partial charge in [0.15, 0.2) is 0 Å². The van der Waals surface area contributed by atoms with Crippen molar-refractivity contribution in [3.05, 3.63) is 16.4 Å². The van der Waals surface area contributed by atoms with Crippen molar-refractivity contribution < 1.29 is 0 Å². The molecule has 86 valence electrons. The number of aryl methyl sites for hydroxylation is 1. The molecule has 0 spiro atoms. The summed E-state index contributed by atoms with van der Waals surface area (Å²) < 4.78 is 3.06. The maximum atomic E-state index is 4.26. The summed E-state index contributed by atoms with van der Waals surface area (Å²) in [5.74, 6) is 0. The molecule has 1 N–H and O–H groups in total. The fourth-order valence-electron chi connectivity index (χ4n) is 1.75. The fraction of sp³-hybridized carbons (Fsp3) is 0.727. The largest absolute Gasteiger partial charge is 0.309 e. The van der Waals surface area contributed by atoms with E-state index in [1.807, 2.05) is 17.9 Å². The number of nitrogens with one attached hydrogen (secondary N) is 1. The lowest BCUT2D eigenvalue weighted by molar-refractivity contribution is 0.462. The third-order valence-corrected chi connectivity index (χ3v) is 3.10. The molecule has 0 fully saturated rings. The molecule has 1 rings (SSSR count). The van der Waals surface area contributed by atoms with Crippen molar-refractivity contribution in [1.82, 2.24) is 15.1 Å². The van der Waals surface area contributed by atoms with E-state index < -0.39 is 0 Å². The van der Waals surface area contributed by atoms with E-state index in [1.165, 1.54) is 12.1 Å². The van der Waals surface area contributed by atoms with Crippen molar-refractivity contribution >= 4 is 15.9 Å². The predicted molar refractivity (Wildman–Crippen MR) is 66.9 cm³/mol. The van der Waals surface area contributed by atoms with Gasteiger partial charge in [-0.05, 0) is 35.3 Å². The first-order valence-corrected chi connectivity index (χ1v) is 6.40. The lowest BCUT2D eigenvalue weighted by Crippen LogP contribution is -2.24. The minimum atomic E-state index is 0.414. The number of nitrogens with zero attached hydrogens (tertiary/aromatic N) is 2. The van der Waals surface area contributed by atoms with Crippen molar-refractivity contribution in [2.24, 2.45) is 7.05 Å². The fourth-order valence-corrected chi connectivity index (χ4v) is 2.38. The summed E-state index contributed by atoms with van der Waals surface area (Å²) >= 11 is 3.56. The summed E-state index contributed by atoms with van der Waals surface area (Å²) in [6, 6.07) is 0.414. The molecule has 0 aliphatic heterocycles. The van der Waals surface area contributed by atoms with Gasteiger partial charge in [-0.1, -0.05) is 20.3 Å². The highest BCUT2D eigenvalue weighted by atomic mass is 79.9. The highest BCUT2D eigenvalue weighted by Crippen LogP contribution is 2.25. The Labute approximate surface area is 100 Å². The van der Waals surface area contributed by atoms with Gasteiger partial charge in [-0.2, -0.15) is 5.10 Å². The monoisotopic (exact) mass is 273 g/mol. The summed E-state index contributed by atoms with van der Waals surface area (Å²) in [5.41, 5.74) is 1.25. The van der Waals surface area contributed by atoms with Gasteiger partial charge in [-0.3, -0.25) is 4.68 Å². The highest BCUT2D eigenvalue weighted by molar-refractivity contribution is 9.10. The Kier molecular flexibility index (Phi) is 5.32. The van der Waals surface area contributed by atoms with Crippen LogP contribution in [-0.2, 0) is 7.05 Å². The molecule has 1 aromatic rings. The van der Waals surface area contributed by atoms with Crippen LogP contribution in [0.5, 0.6) is 0 Å². The zero-order valence-electron chi connectivity index (χ0n) is 9.76. The van der Waals surface area contributed by atoms with Crippen molar-refractivity contribution in [2.45, 2.75) is 39.2 Å². The Morgan fingerprint density at radius 2 is 2.20 bits per heavy atom. The van der Waals surface area contributed by atoms with Gasteiger partial charge in [0.25, 0.3) is 0 Å². The number of halogens is 1. The first-order chi connectivity index (χ1) is 7.20. The molecule has 1 aromatic heterocycles. The van der Waals surface area contributed by atoms with Crippen LogP contribution in [0.1, 0.15) is 44.8 Å². The van der Waals surface area contributed by atoms with Crippen molar-refractivity contribution in [2.75, 3.05) is 6.54 Å². The van der Waals surface area contributed by atoms with Gasteiger partial charge in [0.2, 0.25) is 0 Å². The Bertz CT molecular complexity index is 277. The lowest BCUT2D eigenvalue weighted by atomic mass is 10.1.